The summed E-state index contributed by atoms with van der Waals surface area (Å²) in [6, 6.07) is 0.382. The van der Waals surface area contributed by atoms with Gasteiger partial charge < -0.3 is 15.0 Å². The zero-order valence-corrected chi connectivity index (χ0v) is 13.5. The van der Waals surface area contributed by atoms with Gasteiger partial charge in [-0.1, -0.05) is 19.3 Å². The van der Waals surface area contributed by atoms with Crippen LogP contribution in [0.15, 0.2) is 0 Å². The second kappa shape index (κ2) is 6.39. The predicted octanol–water partition coefficient (Wildman–Crippen LogP) is 3.99. The molecule has 2 heterocycles. The molecule has 2 aliphatic rings. The number of aromatic nitrogens is 2. The first-order valence-corrected chi connectivity index (χ1v) is 8.63. The van der Waals surface area contributed by atoms with Gasteiger partial charge in [0.05, 0.1) is 12.3 Å². The highest BCUT2D eigenvalue weighted by molar-refractivity contribution is 5.42. The summed E-state index contributed by atoms with van der Waals surface area (Å²) >= 11 is 0. The number of imidazole rings is 1. The third-order valence-electron chi connectivity index (χ3n) is 5.04. The first-order valence-electron chi connectivity index (χ1n) is 8.63. The van der Waals surface area contributed by atoms with Gasteiger partial charge in [-0.3, -0.25) is 0 Å². The normalized spacial score (nSPS) is 24.6. The molecule has 1 unspecified atom stereocenters. The van der Waals surface area contributed by atoms with Gasteiger partial charge in [0.25, 0.3) is 0 Å². The fourth-order valence-corrected chi connectivity index (χ4v) is 3.93. The maximum absolute atomic E-state index is 6.49. The van der Waals surface area contributed by atoms with Crippen LogP contribution in [0.3, 0.4) is 0 Å². The number of ether oxygens (including phenoxy) is 1. The van der Waals surface area contributed by atoms with Gasteiger partial charge in [0.15, 0.2) is 0 Å². The molecule has 1 saturated carbocycles. The number of rotatable bonds is 3. The molecule has 0 amide bonds. The van der Waals surface area contributed by atoms with Crippen molar-refractivity contribution >= 4 is 5.82 Å². The molecule has 3 rings (SSSR count). The Balaban J connectivity index is 1.94. The highest BCUT2D eigenvalue weighted by Gasteiger charge is 2.29. The quantitative estimate of drug-likeness (QED) is 0.916. The molecule has 1 aromatic heterocycles. The van der Waals surface area contributed by atoms with Crippen molar-refractivity contribution in [1.29, 1.82) is 0 Å². The van der Waals surface area contributed by atoms with Crippen LogP contribution in [-0.4, -0.2) is 22.8 Å². The van der Waals surface area contributed by atoms with Crippen LogP contribution >= 0.6 is 0 Å². The van der Waals surface area contributed by atoms with Crippen molar-refractivity contribution in [3.05, 3.63) is 11.5 Å². The van der Waals surface area contributed by atoms with Crippen LogP contribution in [0.25, 0.3) is 0 Å². The lowest BCUT2D eigenvalue weighted by molar-refractivity contribution is 0.0795. The molecule has 21 heavy (non-hydrogen) atoms. The van der Waals surface area contributed by atoms with E-state index in [1.807, 2.05) is 0 Å². The van der Waals surface area contributed by atoms with Crippen LogP contribution in [0, 0.1) is 0 Å². The summed E-state index contributed by atoms with van der Waals surface area (Å²) in [7, 11) is 0. The monoisotopic (exact) mass is 291 g/mol. The number of nitrogens with zero attached hydrogens (tertiary/aromatic N) is 2. The molecule has 1 atom stereocenters. The van der Waals surface area contributed by atoms with Gasteiger partial charge >= 0.3 is 0 Å². The SMILES string of the molecule is CC(C)n1c(C2CCCCC2)nc(C2CCCOC2)c1N. The van der Waals surface area contributed by atoms with Gasteiger partial charge in [0.1, 0.15) is 11.6 Å². The van der Waals surface area contributed by atoms with Crippen molar-refractivity contribution in [3.8, 4) is 0 Å². The molecular formula is C17H29N3O. The minimum atomic E-state index is 0.382. The zero-order chi connectivity index (χ0) is 14.8. The average Bonchev–Trinajstić information content (AvgIpc) is 2.87. The van der Waals surface area contributed by atoms with Crippen LogP contribution in [0.4, 0.5) is 5.82 Å². The Morgan fingerprint density at radius 2 is 1.81 bits per heavy atom. The Labute approximate surface area is 128 Å². The number of hydrogen-bond donors (Lipinski definition) is 1. The van der Waals surface area contributed by atoms with E-state index in [4.69, 9.17) is 15.5 Å². The fourth-order valence-electron chi connectivity index (χ4n) is 3.93. The van der Waals surface area contributed by atoms with Crippen LogP contribution in [0.2, 0.25) is 0 Å². The van der Waals surface area contributed by atoms with Crippen LogP contribution < -0.4 is 5.73 Å². The molecule has 1 aliphatic carbocycles. The topological polar surface area (TPSA) is 53.1 Å². The van der Waals surface area contributed by atoms with E-state index < -0.39 is 0 Å². The third-order valence-corrected chi connectivity index (χ3v) is 5.04. The molecule has 2 fully saturated rings. The molecule has 118 valence electrons. The van der Waals surface area contributed by atoms with Gasteiger partial charge in [0.2, 0.25) is 0 Å². The third kappa shape index (κ3) is 2.96. The van der Waals surface area contributed by atoms with Gasteiger partial charge in [-0.05, 0) is 39.5 Å². The first-order chi connectivity index (χ1) is 10.2. The molecule has 0 spiro atoms. The van der Waals surface area contributed by atoms with E-state index >= 15 is 0 Å². The van der Waals surface area contributed by atoms with Crippen molar-refractivity contribution < 1.29 is 4.74 Å². The smallest absolute Gasteiger partial charge is 0.127 e. The lowest BCUT2D eigenvalue weighted by Gasteiger charge is -2.24. The molecule has 0 radical (unpaired) electrons. The molecule has 0 aromatic carbocycles. The minimum absolute atomic E-state index is 0.382. The Hall–Kier alpha value is -1.03. The summed E-state index contributed by atoms with van der Waals surface area (Å²) < 4.78 is 7.93. The van der Waals surface area contributed by atoms with E-state index in [-0.39, 0.29) is 0 Å². The predicted molar refractivity (Wildman–Crippen MR) is 85.6 cm³/mol. The zero-order valence-electron chi connectivity index (χ0n) is 13.5. The summed E-state index contributed by atoms with van der Waals surface area (Å²) in [5.74, 6) is 3.12. The summed E-state index contributed by atoms with van der Waals surface area (Å²) in [5, 5.41) is 0. The van der Waals surface area contributed by atoms with Crippen molar-refractivity contribution in [2.75, 3.05) is 18.9 Å². The Morgan fingerprint density at radius 3 is 2.43 bits per heavy atom. The molecular weight excluding hydrogens is 262 g/mol. The van der Waals surface area contributed by atoms with E-state index in [0.717, 1.165) is 37.6 Å². The molecule has 1 saturated heterocycles. The van der Waals surface area contributed by atoms with Crippen molar-refractivity contribution in [2.45, 2.75) is 76.7 Å². The maximum Gasteiger partial charge on any atom is 0.127 e. The number of nitrogens with two attached hydrogens (primary N) is 1. The fraction of sp³-hybridized carbons (Fsp3) is 0.824. The molecule has 0 bridgehead atoms. The van der Waals surface area contributed by atoms with Gasteiger partial charge in [-0.2, -0.15) is 0 Å². The highest BCUT2D eigenvalue weighted by atomic mass is 16.5. The van der Waals surface area contributed by atoms with E-state index in [1.54, 1.807) is 0 Å². The summed E-state index contributed by atoms with van der Waals surface area (Å²) in [4.78, 5) is 5.04. The lowest BCUT2D eigenvalue weighted by atomic mass is 9.88. The Morgan fingerprint density at radius 1 is 1.10 bits per heavy atom. The number of anilines is 1. The molecule has 2 N–H and O–H groups in total. The molecule has 4 heteroatoms. The second-order valence-electron chi connectivity index (χ2n) is 6.95. The number of nitrogen functional groups attached to an aromatic ring is 1. The summed E-state index contributed by atoms with van der Waals surface area (Å²) in [5.41, 5.74) is 7.59. The van der Waals surface area contributed by atoms with E-state index in [0.29, 0.717) is 17.9 Å². The Kier molecular flexibility index (Phi) is 4.53. The summed E-state index contributed by atoms with van der Waals surface area (Å²) in [6.45, 7) is 6.09. The van der Waals surface area contributed by atoms with E-state index in [2.05, 4.69) is 18.4 Å². The Bertz CT molecular complexity index is 469. The van der Waals surface area contributed by atoms with Crippen LogP contribution in [-0.2, 0) is 4.74 Å². The highest BCUT2D eigenvalue weighted by Crippen LogP contribution is 2.38. The van der Waals surface area contributed by atoms with Crippen molar-refractivity contribution in [1.82, 2.24) is 9.55 Å². The first kappa shape index (κ1) is 14.9. The van der Waals surface area contributed by atoms with E-state index in [1.165, 1.54) is 37.9 Å². The van der Waals surface area contributed by atoms with E-state index in [9.17, 15) is 0 Å². The van der Waals surface area contributed by atoms with Gasteiger partial charge in [-0.25, -0.2) is 4.98 Å². The molecule has 1 aliphatic heterocycles. The lowest BCUT2D eigenvalue weighted by Crippen LogP contribution is -2.17. The largest absolute Gasteiger partial charge is 0.384 e. The number of hydrogen-bond acceptors (Lipinski definition) is 3. The van der Waals surface area contributed by atoms with Crippen LogP contribution in [0.1, 0.15) is 88.2 Å². The average molecular weight is 291 g/mol. The van der Waals surface area contributed by atoms with Crippen molar-refractivity contribution in [2.24, 2.45) is 0 Å². The molecule has 4 nitrogen and oxygen atoms in total. The second-order valence-corrected chi connectivity index (χ2v) is 6.95. The molecule has 1 aromatic rings. The summed E-state index contributed by atoms with van der Waals surface area (Å²) in [6.07, 6.45) is 8.85. The van der Waals surface area contributed by atoms with Crippen LogP contribution in [0.5, 0.6) is 0 Å². The minimum Gasteiger partial charge on any atom is -0.384 e. The van der Waals surface area contributed by atoms with Gasteiger partial charge in [-0.15, -0.1) is 0 Å². The standard InChI is InChI=1S/C17H29N3O/c1-12(2)20-16(18)15(14-9-6-10-21-11-14)19-17(20)13-7-4-3-5-8-13/h12-14H,3-11,18H2,1-2H3. The maximum atomic E-state index is 6.49. The van der Waals surface area contributed by atoms with Crippen molar-refractivity contribution in [3.63, 3.8) is 0 Å². The van der Waals surface area contributed by atoms with Gasteiger partial charge in [0, 0.05) is 24.5 Å².